The van der Waals surface area contributed by atoms with Gasteiger partial charge in [-0.15, -0.1) is 0 Å². The van der Waals surface area contributed by atoms with Crippen LogP contribution in [0.25, 0.3) is 44.7 Å². The number of halogens is 2. The molecule has 2 heterocycles. The topological polar surface area (TPSA) is 42.9 Å². The molecular formula is C25H14F2N2O. The Morgan fingerprint density at radius 2 is 1.53 bits per heavy atom. The van der Waals surface area contributed by atoms with Crippen LogP contribution in [0.15, 0.2) is 77.7 Å². The second kappa shape index (κ2) is 7.12. The van der Waals surface area contributed by atoms with Crippen LogP contribution >= 0.6 is 0 Å². The van der Waals surface area contributed by atoms with Gasteiger partial charge in [-0.3, -0.25) is 9.78 Å². The van der Waals surface area contributed by atoms with Crippen molar-refractivity contribution in [3.05, 3.63) is 106 Å². The SMILES string of the molecule is O=c1c2cc(C=Cc3ccc4cc(F)c(F)cc4n3)ccc2ccc2ncccc12. The minimum Gasteiger partial charge on any atom is -0.289 e. The highest BCUT2D eigenvalue weighted by molar-refractivity contribution is 5.93. The number of benzene rings is 2. The van der Waals surface area contributed by atoms with Crippen molar-refractivity contribution in [1.29, 1.82) is 0 Å². The van der Waals surface area contributed by atoms with Gasteiger partial charge in [-0.2, -0.15) is 0 Å². The third-order valence-electron chi connectivity index (χ3n) is 5.03. The second-order valence-corrected chi connectivity index (χ2v) is 6.97. The highest BCUT2D eigenvalue weighted by Gasteiger charge is 2.06. The molecule has 144 valence electrons. The first-order valence-electron chi connectivity index (χ1n) is 9.34. The van der Waals surface area contributed by atoms with E-state index >= 15 is 0 Å². The first-order valence-corrected chi connectivity index (χ1v) is 9.34. The Balaban J connectivity index is 1.58. The minimum atomic E-state index is -0.928. The largest absolute Gasteiger partial charge is 0.289 e. The fraction of sp³-hybridized carbons (Fsp3) is 0. The maximum absolute atomic E-state index is 13.5. The van der Waals surface area contributed by atoms with E-state index in [1.165, 1.54) is 0 Å². The van der Waals surface area contributed by atoms with Gasteiger partial charge in [0.05, 0.1) is 16.7 Å². The van der Waals surface area contributed by atoms with Crippen LogP contribution in [0.5, 0.6) is 0 Å². The molecule has 0 fully saturated rings. The molecule has 0 bridgehead atoms. The Kier molecular flexibility index (Phi) is 4.29. The van der Waals surface area contributed by atoms with Crippen LogP contribution in [0.1, 0.15) is 11.3 Å². The first kappa shape index (κ1) is 18.1. The number of hydrogen-bond donors (Lipinski definition) is 0. The van der Waals surface area contributed by atoms with Crippen molar-refractivity contribution in [1.82, 2.24) is 9.97 Å². The summed E-state index contributed by atoms with van der Waals surface area (Å²) in [5.74, 6) is -1.82. The molecule has 30 heavy (non-hydrogen) atoms. The maximum atomic E-state index is 13.5. The van der Waals surface area contributed by atoms with E-state index in [4.69, 9.17) is 0 Å². The molecule has 5 rings (SSSR count). The minimum absolute atomic E-state index is 0.0744. The van der Waals surface area contributed by atoms with E-state index in [9.17, 15) is 13.6 Å². The van der Waals surface area contributed by atoms with Gasteiger partial charge in [0, 0.05) is 28.4 Å². The molecule has 0 saturated carbocycles. The van der Waals surface area contributed by atoms with Crippen LogP contribution in [0, 0.1) is 11.6 Å². The number of fused-ring (bicyclic) bond motifs is 3. The van der Waals surface area contributed by atoms with Crippen LogP contribution in [0.2, 0.25) is 0 Å². The molecule has 0 aliphatic heterocycles. The third-order valence-corrected chi connectivity index (χ3v) is 5.03. The van der Waals surface area contributed by atoms with E-state index in [1.54, 1.807) is 36.5 Å². The van der Waals surface area contributed by atoms with Crippen LogP contribution in [0.4, 0.5) is 8.78 Å². The highest BCUT2D eigenvalue weighted by Crippen LogP contribution is 2.20. The lowest BCUT2D eigenvalue weighted by molar-refractivity contribution is 0.510. The van der Waals surface area contributed by atoms with Gasteiger partial charge in [0.15, 0.2) is 17.1 Å². The number of hydrogen-bond acceptors (Lipinski definition) is 3. The molecule has 0 unspecified atom stereocenters. The molecule has 0 amide bonds. The van der Waals surface area contributed by atoms with Crippen molar-refractivity contribution in [3.8, 4) is 0 Å². The van der Waals surface area contributed by atoms with E-state index in [1.807, 2.05) is 36.4 Å². The number of pyridine rings is 2. The second-order valence-electron chi connectivity index (χ2n) is 6.97. The Morgan fingerprint density at radius 1 is 0.733 bits per heavy atom. The number of aromatic nitrogens is 2. The molecule has 0 spiro atoms. The molecule has 0 radical (unpaired) electrons. The zero-order valence-electron chi connectivity index (χ0n) is 15.6. The van der Waals surface area contributed by atoms with E-state index in [0.29, 0.717) is 32.9 Å². The summed E-state index contributed by atoms with van der Waals surface area (Å²) in [6, 6.07) is 18.5. The highest BCUT2D eigenvalue weighted by atomic mass is 19.2. The smallest absolute Gasteiger partial charge is 0.195 e. The first-order chi connectivity index (χ1) is 14.6. The molecule has 5 heteroatoms. The van der Waals surface area contributed by atoms with Gasteiger partial charge >= 0.3 is 0 Å². The predicted octanol–water partition coefficient (Wildman–Crippen LogP) is 5.75. The lowest BCUT2D eigenvalue weighted by Crippen LogP contribution is -1.99. The maximum Gasteiger partial charge on any atom is 0.195 e. The lowest BCUT2D eigenvalue weighted by atomic mass is 10.1. The van der Waals surface area contributed by atoms with Gasteiger partial charge < -0.3 is 0 Å². The summed E-state index contributed by atoms with van der Waals surface area (Å²) in [5.41, 5.74) is 2.39. The van der Waals surface area contributed by atoms with E-state index in [-0.39, 0.29) is 5.43 Å². The summed E-state index contributed by atoms with van der Waals surface area (Å²) in [7, 11) is 0. The normalized spacial score (nSPS) is 11.7. The molecule has 5 aromatic rings. The Bertz CT molecular complexity index is 1540. The zero-order valence-corrected chi connectivity index (χ0v) is 15.6. The summed E-state index contributed by atoms with van der Waals surface area (Å²) < 4.78 is 26.8. The fourth-order valence-electron chi connectivity index (χ4n) is 3.48. The Morgan fingerprint density at radius 3 is 2.43 bits per heavy atom. The van der Waals surface area contributed by atoms with Crippen molar-refractivity contribution in [3.63, 3.8) is 0 Å². The van der Waals surface area contributed by atoms with Crippen LogP contribution in [-0.4, -0.2) is 9.97 Å². The van der Waals surface area contributed by atoms with Gasteiger partial charge in [0.25, 0.3) is 0 Å². The van der Waals surface area contributed by atoms with Crippen molar-refractivity contribution in [2.75, 3.05) is 0 Å². The standard InChI is InChI=1S/C25H14F2N2O/c26-21-13-17-6-9-18(29-24(17)14-22(21)27)8-4-15-3-5-16-7-10-23-19(2-1-11-28-23)25(30)20(16)12-15/h1-14H. The van der Waals surface area contributed by atoms with E-state index < -0.39 is 11.6 Å². The third kappa shape index (κ3) is 3.20. The molecule has 0 aliphatic rings. The van der Waals surface area contributed by atoms with Crippen molar-refractivity contribution in [2.24, 2.45) is 0 Å². The Hall–Kier alpha value is -3.99. The molecule has 2 aromatic heterocycles. The Labute approximate surface area is 170 Å². The average Bonchev–Trinajstić information content (AvgIpc) is 2.90. The van der Waals surface area contributed by atoms with Crippen molar-refractivity contribution in [2.45, 2.75) is 0 Å². The summed E-state index contributed by atoms with van der Waals surface area (Å²) in [6.07, 6.45) is 5.27. The number of nitrogens with zero attached hydrogens (tertiary/aromatic N) is 2. The van der Waals surface area contributed by atoms with Gasteiger partial charge in [0.2, 0.25) is 0 Å². The molecule has 0 N–H and O–H groups in total. The fourth-order valence-corrected chi connectivity index (χ4v) is 3.48. The van der Waals surface area contributed by atoms with E-state index in [0.717, 1.165) is 23.1 Å². The number of rotatable bonds is 2. The van der Waals surface area contributed by atoms with Gasteiger partial charge in [-0.25, -0.2) is 13.8 Å². The van der Waals surface area contributed by atoms with Crippen LogP contribution in [0.3, 0.4) is 0 Å². The molecular weight excluding hydrogens is 382 g/mol. The molecule has 3 nitrogen and oxygen atoms in total. The summed E-state index contributed by atoms with van der Waals surface area (Å²) >= 11 is 0. The summed E-state index contributed by atoms with van der Waals surface area (Å²) in [5, 5.41) is 2.53. The molecule has 0 aliphatic carbocycles. The molecule has 0 saturated heterocycles. The lowest BCUT2D eigenvalue weighted by Gasteiger charge is -2.01. The van der Waals surface area contributed by atoms with Crippen molar-refractivity contribution >= 4 is 44.7 Å². The van der Waals surface area contributed by atoms with Gasteiger partial charge in [-0.05, 0) is 53.4 Å². The monoisotopic (exact) mass is 396 g/mol. The average molecular weight is 396 g/mol. The molecule has 3 aromatic carbocycles. The van der Waals surface area contributed by atoms with Gasteiger partial charge in [-0.1, -0.05) is 30.3 Å². The van der Waals surface area contributed by atoms with E-state index in [2.05, 4.69) is 9.97 Å². The van der Waals surface area contributed by atoms with Crippen LogP contribution in [-0.2, 0) is 0 Å². The quantitative estimate of drug-likeness (QED) is 0.382. The predicted molar refractivity (Wildman–Crippen MR) is 116 cm³/mol. The van der Waals surface area contributed by atoms with Crippen LogP contribution < -0.4 is 5.43 Å². The molecule has 0 atom stereocenters. The summed E-state index contributed by atoms with van der Waals surface area (Å²) in [6.45, 7) is 0. The summed E-state index contributed by atoms with van der Waals surface area (Å²) in [4.78, 5) is 21.6. The zero-order chi connectivity index (χ0) is 20.7. The van der Waals surface area contributed by atoms with Crippen molar-refractivity contribution < 1.29 is 8.78 Å². The van der Waals surface area contributed by atoms with Gasteiger partial charge in [0.1, 0.15) is 0 Å².